The molecule has 0 bridgehead atoms. The quantitative estimate of drug-likeness (QED) is 0.768. The van der Waals surface area contributed by atoms with Crippen molar-refractivity contribution in [3.05, 3.63) is 12.2 Å². The first-order chi connectivity index (χ1) is 6.20. The maximum Gasteiger partial charge on any atom is 0.307 e. The fraction of sp³-hybridized carbons (Fsp3) is 0.571. The highest BCUT2D eigenvalue weighted by Gasteiger charge is 2.11. The summed E-state index contributed by atoms with van der Waals surface area (Å²) in [6.45, 7) is 1.67. The number of aliphatic carboxylic acids is 1. The van der Waals surface area contributed by atoms with Crippen LogP contribution in [0.4, 0.5) is 0 Å². The topological polar surface area (TPSA) is 76.2 Å². The number of nitrogens with zero attached hydrogens (tertiary/aromatic N) is 2. The number of carboxylic acids is 1. The molecule has 0 radical (unpaired) electrons. The van der Waals surface area contributed by atoms with Gasteiger partial charge < -0.3 is 9.63 Å². The lowest BCUT2D eigenvalue weighted by Crippen LogP contribution is -2.11. The van der Waals surface area contributed by atoms with E-state index < -0.39 is 5.97 Å². The molecule has 0 amide bonds. The molecular weight excluding hydrogens is 192 g/mol. The maximum atomic E-state index is 10.4. The van der Waals surface area contributed by atoms with Gasteiger partial charge in [-0.15, -0.1) is 0 Å². The van der Waals surface area contributed by atoms with E-state index in [1.807, 2.05) is 0 Å². The SMILES string of the molecule is CC(CSCc1ncno1)C(=O)O. The predicted molar refractivity (Wildman–Crippen MR) is 47.3 cm³/mol. The third kappa shape index (κ3) is 3.45. The van der Waals surface area contributed by atoms with Gasteiger partial charge in [0.2, 0.25) is 5.89 Å². The van der Waals surface area contributed by atoms with Gasteiger partial charge in [0.15, 0.2) is 6.33 Å². The van der Waals surface area contributed by atoms with Gasteiger partial charge in [0, 0.05) is 5.75 Å². The van der Waals surface area contributed by atoms with Crippen molar-refractivity contribution < 1.29 is 14.4 Å². The molecule has 5 nitrogen and oxygen atoms in total. The van der Waals surface area contributed by atoms with Crippen LogP contribution in [0.3, 0.4) is 0 Å². The summed E-state index contributed by atoms with van der Waals surface area (Å²) in [4.78, 5) is 14.2. The van der Waals surface area contributed by atoms with E-state index in [1.165, 1.54) is 18.1 Å². The summed E-state index contributed by atoms with van der Waals surface area (Å²) in [6.07, 6.45) is 1.33. The van der Waals surface area contributed by atoms with Gasteiger partial charge in [-0.2, -0.15) is 16.7 Å². The summed E-state index contributed by atoms with van der Waals surface area (Å²) < 4.78 is 4.75. The average Bonchev–Trinajstić information content (AvgIpc) is 2.56. The summed E-state index contributed by atoms with van der Waals surface area (Å²) in [5.74, 6) is 0.531. The molecule has 0 saturated carbocycles. The molecule has 13 heavy (non-hydrogen) atoms. The van der Waals surface area contributed by atoms with Crippen LogP contribution < -0.4 is 0 Å². The van der Waals surface area contributed by atoms with E-state index in [2.05, 4.69) is 10.1 Å². The number of aromatic nitrogens is 2. The van der Waals surface area contributed by atoms with Gasteiger partial charge in [-0.3, -0.25) is 4.79 Å². The minimum absolute atomic E-state index is 0.340. The Morgan fingerprint density at radius 2 is 2.62 bits per heavy atom. The zero-order chi connectivity index (χ0) is 9.68. The lowest BCUT2D eigenvalue weighted by molar-refractivity contribution is -0.140. The average molecular weight is 202 g/mol. The van der Waals surface area contributed by atoms with Crippen molar-refractivity contribution in [3.63, 3.8) is 0 Å². The highest BCUT2D eigenvalue weighted by Crippen LogP contribution is 2.13. The van der Waals surface area contributed by atoms with Crippen LogP contribution in [-0.2, 0) is 10.5 Å². The van der Waals surface area contributed by atoms with E-state index in [0.29, 0.717) is 17.4 Å². The van der Waals surface area contributed by atoms with Gasteiger partial charge in [-0.25, -0.2) is 0 Å². The molecule has 0 fully saturated rings. The normalized spacial score (nSPS) is 12.7. The van der Waals surface area contributed by atoms with E-state index >= 15 is 0 Å². The summed E-state index contributed by atoms with van der Waals surface area (Å²) in [7, 11) is 0. The summed E-state index contributed by atoms with van der Waals surface area (Å²) in [6, 6.07) is 0. The lowest BCUT2D eigenvalue weighted by atomic mass is 10.2. The third-order valence-corrected chi connectivity index (χ3v) is 2.61. The second-order valence-electron chi connectivity index (χ2n) is 2.59. The van der Waals surface area contributed by atoms with Crippen molar-refractivity contribution in [2.45, 2.75) is 12.7 Å². The molecule has 1 unspecified atom stereocenters. The minimum Gasteiger partial charge on any atom is -0.481 e. The van der Waals surface area contributed by atoms with E-state index in [0.717, 1.165) is 0 Å². The predicted octanol–water partition coefficient (Wildman–Crippen LogP) is 1.02. The van der Waals surface area contributed by atoms with Crippen molar-refractivity contribution >= 4 is 17.7 Å². The largest absolute Gasteiger partial charge is 0.481 e. The molecule has 1 N–H and O–H groups in total. The van der Waals surface area contributed by atoms with Crippen LogP contribution in [0.1, 0.15) is 12.8 Å². The van der Waals surface area contributed by atoms with Gasteiger partial charge >= 0.3 is 5.97 Å². The van der Waals surface area contributed by atoms with E-state index in [1.54, 1.807) is 6.92 Å². The molecular formula is C7H10N2O3S. The lowest BCUT2D eigenvalue weighted by Gasteiger charge is -2.02. The van der Waals surface area contributed by atoms with Crippen molar-refractivity contribution in [1.29, 1.82) is 0 Å². The van der Waals surface area contributed by atoms with Gasteiger partial charge in [0.05, 0.1) is 11.7 Å². The Balaban J connectivity index is 2.18. The molecule has 1 aromatic heterocycles. The first-order valence-electron chi connectivity index (χ1n) is 3.76. The Kier molecular flexibility index (Phi) is 3.75. The molecule has 0 aromatic carbocycles. The number of carboxylic acid groups (broad SMARTS) is 1. The van der Waals surface area contributed by atoms with Crippen LogP contribution >= 0.6 is 11.8 Å². The molecule has 1 heterocycles. The van der Waals surface area contributed by atoms with E-state index in [9.17, 15) is 4.79 Å². The second kappa shape index (κ2) is 4.86. The summed E-state index contributed by atoms with van der Waals surface area (Å²) in [5.41, 5.74) is 0. The van der Waals surface area contributed by atoms with Crippen LogP contribution in [0.15, 0.2) is 10.9 Å². The Labute approximate surface area is 79.5 Å². The number of hydrogen-bond acceptors (Lipinski definition) is 5. The number of hydrogen-bond donors (Lipinski definition) is 1. The van der Waals surface area contributed by atoms with Crippen LogP contribution in [0.2, 0.25) is 0 Å². The fourth-order valence-electron chi connectivity index (χ4n) is 0.654. The third-order valence-electron chi connectivity index (χ3n) is 1.42. The fourth-order valence-corrected chi connectivity index (χ4v) is 1.57. The number of thioether (sulfide) groups is 1. The minimum atomic E-state index is -0.780. The van der Waals surface area contributed by atoms with Crippen LogP contribution in [-0.4, -0.2) is 27.0 Å². The Morgan fingerprint density at radius 1 is 1.85 bits per heavy atom. The molecule has 1 rings (SSSR count). The highest BCUT2D eigenvalue weighted by molar-refractivity contribution is 7.98. The smallest absolute Gasteiger partial charge is 0.307 e. The Hall–Kier alpha value is -1.04. The van der Waals surface area contributed by atoms with Crippen molar-refractivity contribution in [2.75, 3.05) is 5.75 Å². The number of carbonyl (C=O) groups is 1. The van der Waals surface area contributed by atoms with Crippen LogP contribution in [0, 0.1) is 5.92 Å². The highest BCUT2D eigenvalue weighted by atomic mass is 32.2. The van der Waals surface area contributed by atoms with Crippen LogP contribution in [0.5, 0.6) is 0 Å². The van der Waals surface area contributed by atoms with Gasteiger partial charge in [0.1, 0.15) is 0 Å². The molecule has 0 aliphatic heterocycles. The monoisotopic (exact) mass is 202 g/mol. The zero-order valence-electron chi connectivity index (χ0n) is 7.14. The summed E-state index contributed by atoms with van der Waals surface area (Å²) >= 11 is 1.47. The molecule has 1 atom stereocenters. The zero-order valence-corrected chi connectivity index (χ0v) is 7.95. The van der Waals surface area contributed by atoms with Gasteiger partial charge in [-0.1, -0.05) is 12.1 Å². The molecule has 0 saturated heterocycles. The van der Waals surface area contributed by atoms with Gasteiger partial charge in [-0.05, 0) is 0 Å². The second-order valence-corrected chi connectivity index (χ2v) is 3.62. The molecule has 0 spiro atoms. The maximum absolute atomic E-state index is 10.4. The first kappa shape index (κ1) is 10.0. The first-order valence-corrected chi connectivity index (χ1v) is 4.91. The molecule has 0 aliphatic rings. The number of rotatable bonds is 5. The van der Waals surface area contributed by atoms with E-state index in [-0.39, 0.29) is 5.92 Å². The van der Waals surface area contributed by atoms with E-state index in [4.69, 9.17) is 9.63 Å². The molecule has 0 aliphatic carbocycles. The van der Waals surface area contributed by atoms with Crippen molar-refractivity contribution in [2.24, 2.45) is 5.92 Å². The summed E-state index contributed by atoms with van der Waals surface area (Å²) in [5, 5.41) is 12.0. The molecule has 6 heteroatoms. The van der Waals surface area contributed by atoms with Crippen molar-refractivity contribution in [1.82, 2.24) is 10.1 Å². The Bertz CT molecular complexity index is 263. The van der Waals surface area contributed by atoms with Gasteiger partial charge in [0.25, 0.3) is 0 Å². The van der Waals surface area contributed by atoms with Crippen molar-refractivity contribution in [3.8, 4) is 0 Å². The Morgan fingerprint density at radius 3 is 3.15 bits per heavy atom. The molecule has 72 valence electrons. The van der Waals surface area contributed by atoms with Crippen LogP contribution in [0.25, 0.3) is 0 Å². The molecule has 1 aromatic rings. The standard InChI is InChI=1S/C7H10N2O3S/c1-5(7(10)11)2-13-3-6-8-4-9-12-6/h4-5H,2-3H2,1H3,(H,10,11).